The van der Waals surface area contributed by atoms with Gasteiger partial charge in [0.2, 0.25) is 0 Å². The third-order valence-corrected chi connectivity index (χ3v) is 5.66. The number of hydrogen-bond donors (Lipinski definition) is 2. The molecule has 1 unspecified atom stereocenters. The molecule has 4 aromatic rings. The number of benzene rings is 3. The van der Waals surface area contributed by atoms with E-state index in [-0.39, 0.29) is 0 Å². The number of carboxylic acid groups (broad SMARTS) is 1. The van der Waals surface area contributed by atoms with Crippen LogP contribution in [0.1, 0.15) is 30.4 Å². The molecule has 2 N–H and O–H groups in total. The Labute approximate surface area is 181 Å². The van der Waals surface area contributed by atoms with E-state index >= 15 is 0 Å². The van der Waals surface area contributed by atoms with Crippen LogP contribution in [-0.4, -0.2) is 22.2 Å². The van der Waals surface area contributed by atoms with Crippen molar-refractivity contribution < 1.29 is 14.7 Å². The van der Waals surface area contributed by atoms with Gasteiger partial charge in [-0.3, -0.25) is 15.1 Å². The molecule has 0 saturated carbocycles. The summed E-state index contributed by atoms with van der Waals surface area (Å²) < 4.78 is 2.26. The predicted octanol–water partition coefficient (Wildman–Crippen LogP) is 5.56. The lowest BCUT2D eigenvalue weighted by Gasteiger charge is -2.14. The Balaban J connectivity index is 1.39. The molecule has 0 fully saturated rings. The molecule has 0 amide bonds. The molecule has 3 aromatic carbocycles. The molecule has 5 nitrogen and oxygen atoms in total. The van der Waals surface area contributed by atoms with Crippen LogP contribution in [0.3, 0.4) is 0 Å². The number of aliphatic carboxylic acids is 1. The summed E-state index contributed by atoms with van der Waals surface area (Å²) in [7, 11) is 0. The highest BCUT2D eigenvalue weighted by Gasteiger charge is 2.17. The molecule has 5 heteroatoms. The molecule has 0 spiro atoms. The van der Waals surface area contributed by atoms with Crippen LogP contribution in [0, 0.1) is 0 Å². The van der Waals surface area contributed by atoms with E-state index in [0.29, 0.717) is 25.3 Å². The number of para-hydroxylation sites is 2. The van der Waals surface area contributed by atoms with Crippen LogP contribution in [0.2, 0.25) is 0 Å². The summed E-state index contributed by atoms with van der Waals surface area (Å²) in [5.74, 6) is -1.29. The van der Waals surface area contributed by atoms with Gasteiger partial charge < -0.3 is 9.67 Å². The van der Waals surface area contributed by atoms with E-state index in [1.165, 1.54) is 21.8 Å². The number of carboxylic acids is 1. The first-order chi connectivity index (χ1) is 15.1. The van der Waals surface area contributed by atoms with Crippen molar-refractivity contribution in [3.05, 3.63) is 90.5 Å². The number of hydroxylamine groups is 1. The number of fused-ring (bicyclic) bond motifs is 3. The smallest absolute Gasteiger partial charge is 0.310 e. The topological polar surface area (TPSA) is 63.5 Å². The minimum absolute atomic E-state index is 0.469. The zero-order chi connectivity index (χ0) is 21.8. The Morgan fingerprint density at radius 1 is 1.00 bits per heavy atom. The van der Waals surface area contributed by atoms with E-state index in [9.17, 15) is 9.90 Å². The van der Waals surface area contributed by atoms with Crippen molar-refractivity contribution in [1.29, 1.82) is 0 Å². The van der Waals surface area contributed by atoms with E-state index in [4.69, 9.17) is 4.84 Å². The Bertz CT molecular complexity index is 1170. The zero-order valence-corrected chi connectivity index (χ0v) is 17.5. The van der Waals surface area contributed by atoms with Crippen molar-refractivity contribution in [2.45, 2.75) is 25.8 Å². The van der Waals surface area contributed by atoms with E-state index in [1.807, 2.05) is 31.2 Å². The van der Waals surface area contributed by atoms with E-state index in [1.54, 1.807) is 0 Å². The molecule has 0 aliphatic carbocycles. The number of carbonyl (C=O) groups is 1. The Hall–Kier alpha value is -3.57. The predicted molar refractivity (Wildman–Crippen MR) is 125 cm³/mol. The van der Waals surface area contributed by atoms with Crippen molar-refractivity contribution in [2.75, 3.05) is 6.61 Å². The van der Waals surface area contributed by atoms with Gasteiger partial charge in [0.15, 0.2) is 0 Å². The number of hydrogen-bond acceptors (Lipinski definition) is 3. The molecule has 0 aliphatic rings. The Morgan fingerprint density at radius 2 is 1.58 bits per heavy atom. The summed E-state index contributed by atoms with van der Waals surface area (Å²) in [5, 5.41) is 11.8. The fourth-order valence-electron chi connectivity index (χ4n) is 4.05. The molecule has 1 heterocycles. The molecule has 0 radical (unpaired) electrons. The van der Waals surface area contributed by atoms with Crippen LogP contribution in [0.25, 0.3) is 27.5 Å². The fourth-order valence-corrected chi connectivity index (χ4v) is 4.05. The van der Waals surface area contributed by atoms with Crippen LogP contribution in [0.5, 0.6) is 0 Å². The first kappa shape index (κ1) is 20.7. The third kappa shape index (κ3) is 4.18. The lowest BCUT2D eigenvalue weighted by molar-refractivity contribution is -0.138. The number of aromatic nitrogens is 1. The highest BCUT2D eigenvalue weighted by Crippen LogP contribution is 2.28. The molecule has 1 atom stereocenters. The molecule has 0 aliphatic heterocycles. The second kappa shape index (κ2) is 9.06. The van der Waals surface area contributed by atoms with Gasteiger partial charge in [-0.1, -0.05) is 74.2 Å². The average molecular weight is 415 g/mol. The molecule has 0 saturated heterocycles. The maximum Gasteiger partial charge on any atom is 0.310 e. The Morgan fingerprint density at radius 3 is 2.13 bits per heavy atom. The van der Waals surface area contributed by atoms with Gasteiger partial charge in [0.25, 0.3) is 0 Å². The molecular weight excluding hydrogens is 388 g/mol. The normalized spacial score (nSPS) is 12.2. The standard InChI is InChI=1S/C26H26N2O3/c1-3-21(26(29)30)20-14-12-19(13-15-20)18(2)27-31-17-16-28-24-10-6-4-8-22(24)23-9-5-7-11-25(23)28/h4-15,21,27H,2-3,16-17H2,1H3,(H,29,30). The van der Waals surface area contributed by atoms with E-state index in [0.717, 1.165) is 11.1 Å². The summed E-state index contributed by atoms with van der Waals surface area (Å²) in [6.07, 6.45) is 0.555. The van der Waals surface area contributed by atoms with Crippen LogP contribution in [-0.2, 0) is 16.2 Å². The summed E-state index contributed by atoms with van der Waals surface area (Å²) in [4.78, 5) is 17.0. The molecule has 31 heavy (non-hydrogen) atoms. The van der Waals surface area contributed by atoms with Gasteiger partial charge in [-0.05, 0) is 29.7 Å². The van der Waals surface area contributed by atoms with Crippen LogP contribution >= 0.6 is 0 Å². The minimum Gasteiger partial charge on any atom is -0.481 e. The van der Waals surface area contributed by atoms with Crippen molar-refractivity contribution >= 4 is 33.5 Å². The van der Waals surface area contributed by atoms with Gasteiger partial charge in [-0.15, -0.1) is 0 Å². The van der Waals surface area contributed by atoms with Crippen LogP contribution in [0.4, 0.5) is 0 Å². The second-order valence-electron chi connectivity index (χ2n) is 7.54. The lowest BCUT2D eigenvalue weighted by atomic mass is 9.95. The van der Waals surface area contributed by atoms with Crippen LogP contribution in [0.15, 0.2) is 79.4 Å². The average Bonchev–Trinajstić information content (AvgIpc) is 3.11. The maximum atomic E-state index is 11.3. The van der Waals surface area contributed by atoms with Gasteiger partial charge in [-0.2, -0.15) is 0 Å². The minimum atomic E-state index is -0.805. The summed E-state index contributed by atoms with van der Waals surface area (Å²) >= 11 is 0. The SMILES string of the molecule is C=C(NOCCn1c2ccccc2c2ccccc21)c1ccc(C(CC)C(=O)O)cc1. The van der Waals surface area contributed by atoms with Crippen LogP contribution < -0.4 is 5.48 Å². The third-order valence-electron chi connectivity index (χ3n) is 5.66. The number of nitrogens with one attached hydrogen (secondary N) is 1. The molecule has 158 valence electrons. The van der Waals surface area contributed by atoms with E-state index < -0.39 is 11.9 Å². The van der Waals surface area contributed by atoms with E-state index in [2.05, 4.69) is 65.2 Å². The first-order valence-corrected chi connectivity index (χ1v) is 10.5. The molecule has 1 aromatic heterocycles. The lowest BCUT2D eigenvalue weighted by Crippen LogP contribution is -2.16. The summed E-state index contributed by atoms with van der Waals surface area (Å²) in [5.41, 5.74) is 7.58. The molecule has 0 bridgehead atoms. The summed E-state index contributed by atoms with van der Waals surface area (Å²) in [6, 6.07) is 24.2. The zero-order valence-electron chi connectivity index (χ0n) is 17.5. The highest BCUT2D eigenvalue weighted by molar-refractivity contribution is 6.07. The van der Waals surface area contributed by atoms with Gasteiger partial charge in [0.05, 0.1) is 18.2 Å². The quantitative estimate of drug-likeness (QED) is 0.278. The van der Waals surface area contributed by atoms with Crippen molar-refractivity contribution in [1.82, 2.24) is 10.0 Å². The van der Waals surface area contributed by atoms with Gasteiger partial charge in [0, 0.05) is 28.4 Å². The largest absolute Gasteiger partial charge is 0.481 e. The molecular formula is C26H26N2O3. The van der Waals surface area contributed by atoms with Gasteiger partial charge in [0.1, 0.15) is 0 Å². The van der Waals surface area contributed by atoms with Crippen molar-refractivity contribution in [3.8, 4) is 0 Å². The first-order valence-electron chi connectivity index (χ1n) is 10.5. The monoisotopic (exact) mass is 414 g/mol. The van der Waals surface area contributed by atoms with Gasteiger partial charge >= 0.3 is 5.97 Å². The fraction of sp³-hybridized carbons (Fsp3) is 0.192. The second-order valence-corrected chi connectivity index (χ2v) is 7.54. The van der Waals surface area contributed by atoms with Crippen molar-refractivity contribution in [3.63, 3.8) is 0 Å². The molecule has 4 rings (SSSR count). The maximum absolute atomic E-state index is 11.3. The summed E-state index contributed by atoms with van der Waals surface area (Å²) in [6.45, 7) is 7.07. The highest BCUT2D eigenvalue weighted by atomic mass is 16.6. The van der Waals surface area contributed by atoms with Gasteiger partial charge in [-0.25, -0.2) is 0 Å². The Kier molecular flexibility index (Phi) is 6.05. The number of nitrogens with zero attached hydrogens (tertiary/aromatic N) is 1. The number of rotatable bonds is 9. The van der Waals surface area contributed by atoms with Crippen molar-refractivity contribution in [2.24, 2.45) is 0 Å².